The number of imide groups is 1. The number of aryl methyl sites for hydroxylation is 1. The number of halogens is 2. The van der Waals surface area contributed by atoms with Crippen LogP contribution in [0.4, 0.5) is 10.5 Å². The number of amides is 3. The Bertz CT molecular complexity index is 794. The highest BCUT2D eigenvalue weighted by atomic mass is 35.5. The molecule has 0 aliphatic heterocycles. The molecular weight excluding hydrogens is 351 g/mol. The molecule has 24 heavy (non-hydrogen) atoms. The molecule has 0 aliphatic carbocycles. The molecule has 0 fully saturated rings. The van der Waals surface area contributed by atoms with Crippen molar-refractivity contribution in [2.75, 3.05) is 5.32 Å². The number of carbonyl (C=O) groups is 2. The first-order chi connectivity index (χ1) is 11.3. The average Bonchev–Trinajstić information content (AvgIpc) is 2.48. The highest BCUT2D eigenvalue weighted by Crippen LogP contribution is 2.25. The van der Waals surface area contributed by atoms with E-state index in [1.54, 1.807) is 12.3 Å². The van der Waals surface area contributed by atoms with Crippen molar-refractivity contribution in [2.24, 2.45) is 0 Å². The number of aromatic nitrogens is 2. The summed E-state index contributed by atoms with van der Waals surface area (Å²) in [6, 6.07) is 2.44. The Morgan fingerprint density at radius 2 is 1.92 bits per heavy atom. The number of rotatable bonds is 3. The first-order valence-corrected chi connectivity index (χ1v) is 7.94. The second-order valence-electron chi connectivity index (χ2n) is 5.44. The van der Waals surface area contributed by atoms with Crippen molar-refractivity contribution in [1.82, 2.24) is 15.3 Å². The van der Waals surface area contributed by atoms with Gasteiger partial charge in [-0.25, -0.2) is 9.78 Å². The molecular formula is C16H16Cl2N4O2. The molecule has 2 N–H and O–H groups in total. The predicted octanol–water partition coefficient (Wildman–Crippen LogP) is 4.18. The van der Waals surface area contributed by atoms with Crippen LogP contribution in [-0.4, -0.2) is 21.9 Å². The van der Waals surface area contributed by atoms with Gasteiger partial charge in [-0.3, -0.25) is 15.1 Å². The largest absolute Gasteiger partial charge is 0.326 e. The van der Waals surface area contributed by atoms with E-state index in [1.165, 1.54) is 12.3 Å². The average molecular weight is 367 g/mol. The molecule has 3 amide bonds. The molecule has 6 nitrogen and oxygen atoms in total. The monoisotopic (exact) mass is 366 g/mol. The quantitative estimate of drug-likeness (QED) is 0.798. The zero-order chi connectivity index (χ0) is 17.9. The van der Waals surface area contributed by atoms with Crippen molar-refractivity contribution in [3.63, 3.8) is 0 Å². The van der Waals surface area contributed by atoms with Gasteiger partial charge in [0.2, 0.25) is 0 Å². The number of carbonyl (C=O) groups excluding carboxylic acids is 2. The van der Waals surface area contributed by atoms with Gasteiger partial charge in [0, 0.05) is 12.4 Å². The highest BCUT2D eigenvalue weighted by molar-refractivity contribution is 6.36. The van der Waals surface area contributed by atoms with E-state index < -0.39 is 11.9 Å². The molecule has 0 spiro atoms. The molecule has 2 heterocycles. The van der Waals surface area contributed by atoms with E-state index in [2.05, 4.69) is 20.6 Å². The maximum Gasteiger partial charge on any atom is 0.326 e. The van der Waals surface area contributed by atoms with Gasteiger partial charge < -0.3 is 5.32 Å². The Labute approximate surface area is 149 Å². The zero-order valence-corrected chi connectivity index (χ0v) is 14.9. The van der Waals surface area contributed by atoms with E-state index in [9.17, 15) is 9.59 Å². The topological polar surface area (TPSA) is 84.0 Å². The van der Waals surface area contributed by atoms with Crippen molar-refractivity contribution in [1.29, 1.82) is 0 Å². The molecule has 2 aromatic heterocycles. The predicted molar refractivity (Wildman–Crippen MR) is 93.8 cm³/mol. The Balaban J connectivity index is 2.15. The SMILES string of the molecule is Cc1ccnc(C(C)C)c1NC(=O)NC(=O)c1cnc(Cl)cc1Cl. The first-order valence-electron chi connectivity index (χ1n) is 7.18. The maximum atomic E-state index is 12.1. The van der Waals surface area contributed by atoms with Crippen molar-refractivity contribution in [3.05, 3.63) is 51.5 Å². The standard InChI is InChI=1S/C16H16Cl2N4O2/c1-8(2)13-14(9(3)4-5-19-13)21-16(24)22-15(23)10-7-20-12(18)6-11(10)17/h4-8H,1-3H3,(H2,21,22,23,24). The van der Waals surface area contributed by atoms with Crippen molar-refractivity contribution in [3.8, 4) is 0 Å². The van der Waals surface area contributed by atoms with Crippen LogP contribution in [0.1, 0.15) is 41.4 Å². The molecule has 0 bridgehead atoms. The smallest absolute Gasteiger partial charge is 0.306 e. The highest BCUT2D eigenvalue weighted by Gasteiger charge is 2.17. The molecule has 2 rings (SSSR count). The van der Waals surface area contributed by atoms with Gasteiger partial charge in [-0.15, -0.1) is 0 Å². The number of nitrogens with zero attached hydrogens (tertiary/aromatic N) is 2. The van der Waals surface area contributed by atoms with Crippen LogP contribution >= 0.6 is 23.2 Å². The third kappa shape index (κ3) is 4.21. The summed E-state index contributed by atoms with van der Waals surface area (Å²) in [5, 5.41) is 5.16. The van der Waals surface area contributed by atoms with Gasteiger partial charge in [-0.05, 0) is 30.5 Å². The van der Waals surface area contributed by atoms with Crippen LogP contribution in [0.25, 0.3) is 0 Å². The van der Waals surface area contributed by atoms with Crippen LogP contribution in [0.15, 0.2) is 24.5 Å². The van der Waals surface area contributed by atoms with Crippen LogP contribution in [0.5, 0.6) is 0 Å². The number of pyridine rings is 2. The Morgan fingerprint density at radius 3 is 2.54 bits per heavy atom. The van der Waals surface area contributed by atoms with E-state index >= 15 is 0 Å². The normalized spacial score (nSPS) is 10.6. The van der Waals surface area contributed by atoms with Crippen molar-refractivity contribution in [2.45, 2.75) is 26.7 Å². The minimum Gasteiger partial charge on any atom is -0.306 e. The molecule has 0 saturated carbocycles. The van der Waals surface area contributed by atoms with Crippen molar-refractivity contribution < 1.29 is 9.59 Å². The van der Waals surface area contributed by atoms with Crippen LogP contribution in [0.3, 0.4) is 0 Å². The van der Waals surface area contributed by atoms with E-state index in [0.29, 0.717) is 5.69 Å². The van der Waals surface area contributed by atoms with E-state index in [4.69, 9.17) is 23.2 Å². The molecule has 0 aromatic carbocycles. The van der Waals surface area contributed by atoms with Gasteiger partial charge >= 0.3 is 6.03 Å². The van der Waals surface area contributed by atoms with E-state index in [-0.39, 0.29) is 21.7 Å². The van der Waals surface area contributed by atoms with Gasteiger partial charge in [0.15, 0.2) is 0 Å². The number of urea groups is 1. The summed E-state index contributed by atoms with van der Waals surface area (Å²) in [7, 11) is 0. The second-order valence-corrected chi connectivity index (χ2v) is 6.23. The number of hydrogen-bond acceptors (Lipinski definition) is 4. The van der Waals surface area contributed by atoms with E-state index in [0.717, 1.165) is 11.3 Å². The molecule has 0 unspecified atom stereocenters. The van der Waals surface area contributed by atoms with Gasteiger partial charge in [-0.1, -0.05) is 37.0 Å². The number of nitrogens with one attached hydrogen (secondary N) is 2. The lowest BCUT2D eigenvalue weighted by molar-refractivity contribution is 0.0967. The Morgan fingerprint density at radius 1 is 1.21 bits per heavy atom. The molecule has 8 heteroatoms. The summed E-state index contributed by atoms with van der Waals surface area (Å²) in [4.78, 5) is 32.3. The minimum absolute atomic E-state index is 0.0585. The van der Waals surface area contributed by atoms with Crippen LogP contribution in [0.2, 0.25) is 10.2 Å². The summed E-state index contributed by atoms with van der Waals surface area (Å²) in [6.07, 6.45) is 2.89. The zero-order valence-electron chi connectivity index (χ0n) is 13.4. The molecule has 0 radical (unpaired) electrons. The molecule has 126 valence electrons. The molecule has 0 aliphatic rings. The van der Waals surface area contributed by atoms with Gasteiger partial charge in [0.05, 0.1) is 22.0 Å². The molecule has 0 saturated heterocycles. The number of hydrogen-bond donors (Lipinski definition) is 2. The fourth-order valence-electron chi connectivity index (χ4n) is 2.07. The summed E-state index contributed by atoms with van der Waals surface area (Å²) in [5.74, 6) is -0.555. The number of anilines is 1. The third-order valence-electron chi connectivity index (χ3n) is 3.27. The fraction of sp³-hybridized carbons (Fsp3) is 0.250. The van der Waals surface area contributed by atoms with E-state index in [1.807, 2.05) is 20.8 Å². The molecule has 0 atom stereocenters. The van der Waals surface area contributed by atoms with Gasteiger partial charge in [-0.2, -0.15) is 0 Å². The van der Waals surface area contributed by atoms with Crippen molar-refractivity contribution >= 4 is 40.8 Å². The molecule has 2 aromatic rings. The van der Waals surface area contributed by atoms with Crippen LogP contribution in [-0.2, 0) is 0 Å². The maximum absolute atomic E-state index is 12.1. The first kappa shape index (κ1) is 18.2. The minimum atomic E-state index is -0.677. The summed E-state index contributed by atoms with van der Waals surface area (Å²) < 4.78 is 0. The summed E-state index contributed by atoms with van der Waals surface area (Å²) in [5.41, 5.74) is 2.23. The summed E-state index contributed by atoms with van der Waals surface area (Å²) >= 11 is 11.6. The lowest BCUT2D eigenvalue weighted by Gasteiger charge is -2.15. The second kappa shape index (κ2) is 7.59. The van der Waals surface area contributed by atoms with Gasteiger partial charge in [0.1, 0.15) is 5.15 Å². The van der Waals surface area contributed by atoms with Crippen LogP contribution in [0, 0.1) is 6.92 Å². The lowest BCUT2D eigenvalue weighted by Crippen LogP contribution is -2.35. The van der Waals surface area contributed by atoms with Crippen LogP contribution < -0.4 is 10.6 Å². The fourth-order valence-corrected chi connectivity index (χ4v) is 2.52. The Kier molecular flexibility index (Phi) is 5.75. The lowest BCUT2D eigenvalue weighted by atomic mass is 10.1. The van der Waals surface area contributed by atoms with Gasteiger partial charge in [0.25, 0.3) is 5.91 Å². The Hall–Kier alpha value is -2.18. The third-order valence-corrected chi connectivity index (χ3v) is 3.79. The summed E-state index contributed by atoms with van der Waals surface area (Å²) in [6.45, 7) is 5.79.